The lowest BCUT2D eigenvalue weighted by molar-refractivity contribution is -0.142. The molecule has 1 aliphatic heterocycles. The zero-order valence-electron chi connectivity index (χ0n) is 9.37. The molecular weight excluding hydrogens is 220 g/mol. The molecule has 1 fully saturated rings. The van der Waals surface area contributed by atoms with Gasteiger partial charge in [0, 0.05) is 11.6 Å². The van der Waals surface area contributed by atoms with Crippen molar-refractivity contribution in [1.82, 2.24) is 0 Å². The predicted molar refractivity (Wildman–Crippen MR) is 61.2 cm³/mol. The van der Waals surface area contributed by atoms with Gasteiger partial charge >= 0.3 is 5.97 Å². The van der Waals surface area contributed by atoms with Gasteiger partial charge in [0.15, 0.2) is 6.29 Å². The minimum Gasteiger partial charge on any atom is -0.460 e. The molecule has 0 saturated carbocycles. The summed E-state index contributed by atoms with van der Waals surface area (Å²) in [6, 6.07) is 9.65. The van der Waals surface area contributed by atoms with Gasteiger partial charge in [0.25, 0.3) is 0 Å². The van der Waals surface area contributed by atoms with Crippen LogP contribution >= 0.6 is 0 Å². The number of carbonyl (C=O) groups is 1. The van der Waals surface area contributed by atoms with E-state index in [1.54, 1.807) is 0 Å². The third kappa shape index (κ3) is 3.15. The van der Waals surface area contributed by atoms with E-state index in [1.807, 2.05) is 30.3 Å². The lowest BCUT2D eigenvalue weighted by Gasteiger charge is -2.11. The highest BCUT2D eigenvalue weighted by Crippen LogP contribution is 2.26. The van der Waals surface area contributed by atoms with Crippen molar-refractivity contribution in [3.8, 4) is 0 Å². The van der Waals surface area contributed by atoms with E-state index in [4.69, 9.17) is 14.2 Å². The molecule has 0 bridgehead atoms. The fourth-order valence-electron chi connectivity index (χ4n) is 1.55. The van der Waals surface area contributed by atoms with Crippen molar-refractivity contribution in [1.29, 1.82) is 0 Å². The Morgan fingerprint density at radius 3 is 2.94 bits per heavy atom. The predicted octanol–water partition coefficient (Wildman–Crippen LogP) is 1.83. The number of rotatable bonds is 4. The third-order valence-electron chi connectivity index (χ3n) is 2.40. The van der Waals surface area contributed by atoms with E-state index >= 15 is 0 Å². The summed E-state index contributed by atoms with van der Waals surface area (Å²) >= 11 is 0. The second-order valence-corrected chi connectivity index (χ2v) is 3.67. The van der Waals surface area contributed by atoms with Gasteiger partial charge in [-0.15, -0.1) is 0 Å². The highest BCUT2D eigenvalue weighted by molar-refractivity contribution is 5.81. The molecule has 1 aliphatic rings. The fraction of sp³-hybridized carbons (Fsp3) is 0.308. The summed E-state index contributed by atoms with van der Waals surface area (Å²) in [5, 5.41) is 0. The molecule has 0 amide bonds. The maximum Gasteiger partial charge on any atom is 0.330 e. The number of benzene rings is 1. The number of hydrogen-bond acceptors (Lipinski definition) is 4. The van der Waals surface area contributed by atoms with Gasteiger partial charge in [-0.3, -0.25) is 0 Å². The SMILES string of the molecule is C=CC(=O)OCC1COC(c2ccccc2)O1. The van der Waals surface area contributed by atoms with Crippen LogP contribution in [0.5, 0.6) is 0 Å². The molecule has 90 valence electrons. The minimum absolute atomic E-state index is 0.189. The molecule has 0 radical (unpaired) electrons. The Kier molecular flexibility index (Phi) is 3.90. The molecular formula is C13H14O4. The summed E-state index contributed by atoms with van der Waals surface area (Å²) in [5.41, 5.74) is 0.963. The molecule has 0 N–H and O–H groups in total. The third-order valence-corrected chi connectivity index (χ3v) is 2.40. The molecule has 2 atom stereocenters. The first-order chi connectivity index (χ1) is 8.29. The van der Waals surface area contributed by atoms with Gasteiger partial charge in [0.1, 0.15) is 12.7 Å². The van der Waals surface area contributed by atoms with Gasteiger partial charge in [-0.2, -0.15) is 0 Å². The molecule has 1 aromatic rings. The largest absolute Gasteiger partial charge is 0.460 e. The molecule has 2 unspecified atom stereocenters. The van der Waals surface area contributed by atoms with Gasteiger partial charge in [-0.25, -0.2) is 4.79 Å². The smallest absolute Gasteiger partial charge is 0.330 e. The molecule has 1 aromatic carbocycles. The lowest BCUT2D eigenvalue weighted by Crippen LogP contribution is -2.19. The van der Waals surface area contributed by atoms with Crippen molar-refractivity contribution in [2.45, 2.75) is 12.4 Å². The highest BCUT2D eigenvalue weighted by Gasteiger charge is 2.27. The lowest BCUT2D eigenvalue weighted by atomic mass is 10.2. The average molecular weight is 234 g/mol. The summed E-state index contributed by atoms with van der Waals surface area (Å²) in [5.74, 6) is -0.447. The number of ether oxygens (including phenoxy) is 3. The number of esters is 1. The van der Waals surface area contributed by atoms with E-state index in [1.165, 1.54) is 0 Å². The maximum absolute atomic E-state index is 10.9. The Hall–Kier alpha value is -1.65. The van der Waals surface area contributed by atoms with E-state index < -0.39 is 5.97 Å². The molecule has 17 heavy (non-hydrogen) atoms. The van der Waals surface area contributed by atoms with Gasteiger partial charge in [-0.05, 0) is 0 Å². The Labute approximate surface area is 99.8 Å². The standard InChI is InChI=1S/C13H14O4/c1-2-12(14)15-8-11-9-16-13(17-11)10-6-4-3-5-7-10/h2-7,11,13H,1,8-9H2. The van der Waals surface area contributed by atoms with Gasteiger partial charge < -0.3 is 14.2 Å². The van der Waals surface area contributed by atoms with Crippen molar-refractivity contribution in [2.24, 2.45) is 0 Å². The van der Waals surface area contributed by atoms with Gasteiger partial charge in [0.05, 0.1) is 6.61 Å². The molecule has 0 aromatic heterocycles. The van der Waals surface area contributed by atoms with Crippen LogP contribution in [-0.2, 0) is 19.0 Å². The van der Waals surface area contributed by atoms with Crippen molar-refractivity contribution in [3.05, 3.63) is 48.6 Å². The van der Waals surface area contributed by atoms with E-state index in [9.17, 15) is 4.79 Å². The van der Waals surface area contributed by atoms with E-state index in [0.29, 0.717) is 6.61 Å². The Morgan fingerprint density at radius 1 is 1.47 bits per heavy atom. The molecule has 0 spiro atoms. The second-order valence-electron chi connectivity index (χ2n) is 3.67. The normalized spacial score (nSPS) is 23.3. The Morgan fingerprint density at radius 2 is 2.24 bits per heavy atom. The van der Waals surface area contributed by atoms with Crippen LogP contribution < -0.4 is 0 Å². The summed E-state index contributed by atoms with van der Waals surface area (Å²) in [6.45, 7) is 3.93. The summed E-state index contributed by atoms with van der Waals surface area (Å²) < 4.78 is 16.0. The molecule has 1 heterocycles. The van der Waals surface area contributed by atoms with Crippen LogP contribution in [0, 0.1) is 0 Å². The summed E-state index contributed by atoms with van der Waals surface area (Å²) in [4.78, 5) is 10.9. The zero-order valence-corrected chi connectivity index (χ0v) is 9.37. The van der Waals surface area contributed by atoms with Gasteiger partial charge in [-0.1, -0.05) is 36.9 Å². The number of carbonyl (C=O) groups excluding carboxylic acids is 1. The van der Waals surface area contributed by atoms with Crippen LogP contribution in [0.2, 0.25) is 0 Å². The highest BCUT2D eigenvalue weighted by atomic mass is 16.7. The first-order valence-corrected chi connectivity index (χ1v) is 5.41. The van der Waals surface area contributed by atoms with Crippen LogP contribution in [0.15, 0.2) is 43.0 Å². The molecule has 1 saturated heterocycles. The van der Waals surface area contributed by atoms with E-state index in [-0.39, 0.29) is 19.0 Å². The average Bonchev–Trinajstić information content (AvgIpc) is 2.86. The number of hydrogen-bond donors (Lipinski definition) is 0. The van der Waals surface area contributed by atoms with Crippen LogP contribution in [0.3, 0.4) is 0 Å². The molecule has 4 heteroatoms. The molecule has 2 rings (SSSR count). The second kappa shape index (κ2) is 5.61. The fourth-order valence-corrected chi connectivity index (χ4v) is 1.55. The van der Waals surface area contributed by atoms with E-state index in [2.05, 4.69) is 6.58 Å². The van der Waals surface area contributed by atoms with Crippen molar-refractivity contribution in [3.63, 3.8) is 0 Å². The van der Waals surface area contributed by atoms with Crippen molar-refractivity contribution < 1.29 is 19.0 Å². The Bertz CT molecular complexity index is 388. The van der Waals surface area contributed by atoms with Crippen LogP contribution in [-0.4, -0.2) is 25.3 Å². The molecule has 0 aliphatic carbocycles. The topological polar surface area (TPSA) is 44.8 Å². The van der Waals surface area contributed by atoms with Crippen molar-refractivity contribution >= 4 is 5.97 Å². The summed E-state index contributed by atoms with van der Waals surface area (Å²) in [6.07, 6.45) is 0.539. The monoisotopic (exact) mass is 234 g/mol. The summed E-state index contributed by atoms with van der Waals surface area (Å²) in [7, 11) is 0. The van der Waals surface area contributed by atoms with Gasteiger partial charge in [0.2, 0.25) is 0 Å². The first-order valence-electron chi connectivity index (χ1n) is 5.41. The van der Waals surface area contributed by atoms with Crippen LogP contribution in [0.25, 0.3) is 0 Å². The molecule has 4 nitrogen and oxygen atoms in total. The Balaban J connectivity index is 1.84. The van der Waals surface area contributed by atoms with Crippen molar-refractivity contribution in [2.75, 3.05) is 13.2 Å². The zero-order chi connectivity index (χ0) is 12.1. The van der Waals surface area contributed by atoms with Crippen LogP contribution in [0.4, 0.5) is 0 Å². The quantitative estimate of drug-likeness (QED) is 0.589. The maximum atomic E-state index is 10.9. The first kappa shape index (κ1) is 11.8. The minimum atomic E-state index is -0.447. The van der Waals surface area contributed by atoms with Crippen LogP contribution in [0.1, 0.15) is 11.9 Å². The van der Waals surface area contributed by atoms with E-state index in [0.717, 1.165) is 11.6 Å².